The molecule has 2 rings (SSSR count). The summed E-state index contributed by atoms with van der Waals surface area (Å²) >= 11 is 0. The maximum atomic E-state index is 12.3. The van der Waals surface area contributed by atoms with E-state index in [1.165, 1.54) is 17.9 Å². The lowest BCUT2D eigenvalue weighted by molar-refractivity contribution is -0.127. The number of nitrogens with one attached hydrogen (secondary N) is 1. The average Bonchev–Trinajstić information content (AvgIpc) is 2.92. The van der Waals surface area contributed by atoms with E-state index in [0.717, 1.165) is 6.42 Å². The number of primary amides is 1. The van der Waals surface area contributed by atoms with Gasteiger partial charge in [-0.2, -0.15) is 0 Å². The van der Waals surface area contributed by atoms with Crippen LogP contribution in [0, 0.1) is 0 Å². The molecule has 8 nitrogen and oxygen atoms in total. The number of anilines is 1. The molecule has 1 aliphatic heterocycles. The number of carbonyl (C=O) groups is 4. The summed E-state index contributed by atoms with van der Waals surface area (Å²) in [6.07, 6.45) is -0.0437. The number of amides is 4. The van der Waals surface area contributed by atoms with Crippen molar-refractivity contribution in [1.29, 1.82) is 0 Å². The quantitative estimate of drug-likeness (QED) is 0.786. The van der Waals surface area contributed by atoms with Crippen LogP contribution in [0.4, 0.5) is 10.5 Å². The van der Waals surface area contributed by atoms with E-state index in [9.17, 15) is 19.2 Å². The molecule has 0 saturated carbocycles. The molecule has 0 aliphatic carbocycles. The molecule has 1 atom stereocenters. The second-order valence-electron chi connectivity index (χ2n) is 5.07. The number of benzene rings is 1. The normalized spacial score (nSPS) is 15.2. The van der Waals surface area contributed by atoms with E-state index in [2.05, 4.69) is 0 Å². The molecule has 3 N–H and O–H groups in total. The first-order valence-corrected chi connectivity index (χ1v) is 7.11. The van der Waals surface area contributed by atoms with Gasteiger partial charge in [-0.25, -0.2) is 9.59 Å². The third-order valence-corrected chi connectivity index (χ3v) is 3.39. The van der Waals surface area contributed by atoms with E-state index in [4.69, 9.17) is 10.5 Å². The van der Waals surface area contributed by atoms with E-state index in [1.807, 2.05) is 5.32 Å². The van der Waals surface area contributed by atoms with Gasteiger partial charge in [-0.3, -0.25) is 14.9 Å². The van der Waals surface area contributed by atoms with Gasteiger partial charge in [0.25, 0.3) is 5.91 Å². The van der Waals surface area contributed by atoms with Crippen molar-refractivity contribution in [3.05, 3.63) is 29.8 Å². The standard InChI is InChI=1S/C15H17N3O5/c1-9(13(20)17-15(16)22)23-14(21)10-5-2-3-6-11(10)18-8-4-7-12(18)19/h2-3,5-6,9H,4,7-8H2,1H3,(H3,16,17,20,22)/t9-/m0/s1. The number of imide groups is 1. The summed E-state index contributed by atoms with van der Waals surface area (Å²) in [7, 11) is 0. The van der Waals surface area contributed by atoms with Crippen molar-refractivity contribution in [2.24, 2.45) is 5.73 Å². The minimum atomic E-state index is -1.20. The highest BCUT2D eigenvalue weighted by Gasteiger charge is 2.27. The van der Waals surface area contributed by atoms with Crippen molar-refractivity contribution in [3.63, 3.8) is 0 Å². The van der Waals surface area contributed by atoms with Crippen LogP contribution < -0.4 is 16.0 Å². The first kappa shape index (κ1) is 16.5. The Bertz CT molecular complexity index is 658. The first-order chi connectivity index (χ1) is 10.9. The molecule has 0 spiro atoms. The summed E-state index contributed by atoms with van der Waals surface area (Å²) in [6.45, 7) is 1.85. The number of nitrogens with zero attached hydrogens (tertiary/aromatic N) is 1. The largest absolute Gasteiger partial charge is 0.449 e. The molecule has 8 heteroatoms. The summed E-state index contributed by atoms with van der Waals surface area (Å²) in [5.74, 6) is -1.64. The van der Waals surface area contributed by atoms with Gasteiger partial charge in [0.2, 0.25) is 5.91 Å². The highest BCUT2D eigenvalue weighted by Crippen LogP contribution is 2.26. The van der Waals surface area contributed by atoms with Crippen LogP contribution in [0.2, 0.25) is 0 Å². The number of esters is 1. The number of para-hydroxylation sites is 1. The smallest absolute Gasteiger partial charge is 0.341 e. The molecule has 1 heterocycles. The second-order valence-corrected chi connectivity index (χ2v) is 5.07. The van der Waals surface area contributed by atoms with Gasteiger partial charge < -0.3 is 15.4 Å². The van der Waals surface area contributed by atoms with Crippen molar-refractivity contribution in [1.82, 2.24) is 5.32 Å². The van der Waals surface area contributed by atoms with Crippen LogP contribution in [0.25, 0.3) is 0 Å². The molecule has 1 saturated heterocycles. The first-order valence-electron chi connectivity index (χ1n) is 7.11. The number of carbonyl (C=O) groups excluding carboxylic acids is 4. The summed E-state index contributed by atoms with van der Waals surface area (Å²) in [5, 5.41) is 1.83. The van der Waals surface area contributed by atoms with E-state index in [0.29, 0.717) is 18.7 Å². The van der Waals surface area contributed by atoms with Crippen LogP contribution in [0.15, 0.2) is 24.3 Å². The fraction of sp³-hybridized carbons (Fsp3) is 0.333. The minimum absolute atomic E-state index is 0.0650. The summed E-state index contributed by atoms with van der Waals surface area (Å²) in [4.78, 5) is 47.9. The molecule has 0 bridgehead atoms. The summed E-state index contributed by atoms with van der Waals surface area (Å²) in [5.41, 5.74) is 5.47. The molecule has 23 heavy (non-hydrogen) atoms. The highest BCUT2D eigenvalue weighted by molar-refractivity contribution is 6.04. The van der Waals surface area contributed by atoms with Crippen molar-refractivity contribution in [2.45, 2.75) is 25.9 Å². The molecule has 1 aromatic carbocycles. The zero-order chi connectivity index (χ0) is 17.0. The van der Waals surface area contributed by atoms with Gasteiger partial charge in [0.1, 0.15) is 0 Å². The zero-order valence-corrected chi connectivity index (χ0v) is 12.6. The summed E-state index contributed by atoms with van der Waals surface area (Å²) < 4.78 is 5.04. The Morgan fingerprint density at radius 2 is 2.00 bits per heavy atom. The molecule has 0 radical (unpaired) electrons. The van der Waals surface area contributed by atoms with Crippen molar-refractivity contribution in [3.8, 4) is 0 Å². The molecule has 0 aromatic heterocycles. The van der Waals surface area contributed by atoms with Crippen LogP contribution in [0.3, 0.4) is 0 Å². The number of hydrogen-bond donors (Lipinski definition) is 2. The van der Waals surface area contributed by atoms with E-state index >= 15 is 0 Å². The van der Waals surface area contributed by atoms with Crippen LogP contribution in [-0.2, 0) is 14.3 Å². The van der Waals surface area contributed by atoms with Gasteiger partial charge in [0, 0.05) is 13.0 Å². The van der Waals surface area contributed by atoms with Gasteiger partial charge >= 0.3 is 12.0 Å². The van der Waals surface area contributed by atoms with E-state index < -0.39 is 24.0 Å². The average molecular weight is 319 g/mol. The molecule has 1 aliphatic rings. The Labute approximate surface area is 132 Å². The Morgan fingerprint density at radius 3 is 2.61 bits per heavy atom. The van der Waals surface area contributed by atoms with E-state index in [-0.39, 0.29) is 11.5 Å². The van der Waals surface area contributed by atoms with Gasteiger partial charge in [0.15, 0.2) is 6.10 Å². The number of urea groups is 1. The van der Waals surface area contributed by atoms with Crippen molar-refractivity contribution in [2.75, 3.05) is 11.4 Å². The van der Waals surface area contributed by atoms with E-state index in [1.54, 1.807) is 18.2 Å². The Morgan fingerprint density at radius 1 is 1.30 bits per heavy atom. The van der Waals surface area contributed by atoms with Gasteiger partial charge in [-0.1, -0.05) is 12.1 Å². The fourth-order valence-corrected chi connectivity index (χ4v) is 2.29. The van der Waals surface area contributed by atoms with Crippen LogP contribution in [0.5, 0.6) is 0 Å². The Kier molecular flexibility index (Phi) is 4.95. The Balaban J connectivity index is 2.15. The maximum Gasteiger partial charge on any atom is 0.341 e. The maximum absolute atomic E-state index is 12.3. The van der Waals surface area contributed by atoms with Crippen LogP contribution in [0.1, 0.15) is 30.1 Å². The zero-order valence-electron chi connectivity index (χ0n) is 12.6. The predicted molar refractivity (Wildman–Crippen MR) is 80.6 cm³/mol. The second kappa shape index (κ2) is 6.91. The lowest BCUT2D eigenvalue weighted by Crippen LogP contribution is -2.42. The number of nitrogens with two attached hydrogens (primary N) is 1. The minimum Gasteiger partial charge on any atom is -0.449 e. The van der Waals surface area contributed by atoms with Gasteiger partial charge in [-0.15, -0.1) is 0 Å². The molecule has 4 amide bonds. The SMILES string of the molecule is C[C@H](OC(=O)c1ccccc1N1CCCC1=O)C(=O)NC(N)=O. The molecule has 0 unspecified atom stereocenters. The Hall–Kier alpha value is -2.90. The number of hydrogen-bond acceptors (Lipinski definition) is 5. The lowest BCUT2D eigenvalue weighted by Gasteiger charge is -2.20. The van der Waals surface area contributed by atoms with Crippen molar-refractivity contribution < 1.29 is 23.9 Å². The van der Waals surface area contributed by atoms with Crippen LogP contribution >= 0.6 is 0 Å². The highest BCUT2D eigenvalue weighted by atomic mass is 16.5. The fourth-order valence-electron chi connectivity index (χ4n) is 2.29. The molecular weight excluding hydrogens is 302 g/mol. The molecule has 122 valence electrons. The molecule has 1 fully saturated rings. The lowest BCUT2D eigenvalue weighted by atomic mass is 10.1. The van der Waals surface area contributed by atoms with Crippen molar-refractivity contribution >= 4 is 29.5 Å². The van der Waals surface area contributed by atoms with Gasteiger partial charge in [-0.05, 0) is 25.5 Å². The molecule has 1 aromatic rings. The predicted octanol–water partition coefficient (Wildman–Crippen LogP) is 0.554. The third-order valence-electron chi connectivity index (χ3n) is 3.39. The number of ether oxygens (including phenoxy) is 1. The topological polar surface area (TPSA) is 119 Å². The molecular formula is C15H17N3O5. The number of rotatable bonds is 4. The summed E-state index contributed by atoms with van der Waals surface area (Å²) in [6, 6.07) is 5.48. The van der Waals surface area contributed by atoms with Gasteiger partial charge in [0.05, 0.1) is 11.3 Å². The third kappa shape index (κ3) is 3.85. The van der Waals surface area contributed by atoms with Crippen LogP contribution in [-0.4, -0.2) is 36.5 Å². The monoisotopic (exact) mass is 319 g/mol.